The number of benzene rings is 1. The predicted molar refractivity (Wildman–Crippen MR) is 93.0 cm³/mol. The van der Waals surface area contributed by atoms with Crippen LogP contribution in [-0.2, 0) is 16.1 Å². The van der Waals surface area contributed by atoms with Crippen LogP contribution in [0, 0.1) is 5.92 Å². The molecule has 0 bridgehead atoms. The number of nitrogens with zero attached hydrogens (tertiary/aromatic N) is 2. The molecule has 1 aliphatic heterocycles. The summed E-state index contributed by atoms with van der Waals surface area (Å²) in [6.45, 7) is 1.44. The van der Waals surface area contributed by atoms with Crippen LogP contribution in [0.15, 0.2) is 29.1 Å². The SMILES string of the molecule is O=C(NCCn1c(=O)[nH]c2ccccc21)[C@H]1CCCN1C(=O)C1CC1. The Balaban J connectivity index is 1.37. The third-order valence-corrected chi connectivity index (χ3v) is 5.08. The van der Waals surface area contributed by atoms with E-state index in [0.29, 0.717) is 19.6 Å². The van der Waals surface area contributed by atoms with Crippen LogP contribution in [0.25, 0.3) is 11.0 Å². The van der Waals surface area contributed by atoms with Crippen molar-refractivity contribution >= 4 is 22.8 Å². The van der Waals surface area contributed by atoms with E-state index in [0.717, 1.165) is 36.7 Å². The molecule has 2 fully saturated rings. The molecular formula is C18H22N4O3. The molecule has 0 spiro atoms. The van der Waals surface area contributed by atoms with Crippen molar-refractivity contribution in [3.8, 4) is 0 Å². The van der Waals surface area contributed by atoms with Gasteiger partial charge >= 0.3 is 5.69 Å². The summed E-state index contributed by atoms with van der Waals surface area (Å²) in [5.74, 6) is 0.156. The largest absolute Gasteiger partial charge is 0.353 e. The predicted octanol–water partition coefficient (Wildman–Crippen LogP) is 0.847. The van der Waals surface area contributed by atoms with Crippen LogP contribution >= 0.6 is 0 Å². The highest BCUT2D eigenvalue weighted by molar-refractivity contribution is 5.90. The molecule has 2 heterocycles. The highest BCUT2D eigenvalue weighted by Crippen LogP contribution is 2.33. The standard InChI is InChI=1S/C18H22N4O3/c23-16(15-6-3-10-21(15)17(24)12-7-8-12)19-9-11-22-14-5-2-1-4-13(14)20-18(22)25/h1-2,4-5,12,15H,3,6-11H2,(H,19,23)(H,20,25)/t15-/m1/s1. The van der Waals surface area contributed by atoms with Gasteiger partial charge < -0.3 is 15.2 Å². The van der Waals surface area contributed by atoms with Gasteiger partial charge in [-0.15, -0.1) is 0 Å². The average Bonchev–Trinajstić information content (AvgIpc) is 3.25. The Kier molecular flexibility index (Phi) is 4.07. The minimum atomic E-state index is -0.354. The third kappa shape index (κ3) is 3.06. The number of imidazole rings is 1. The summed E-state index contributed by atoms with van der Waals surface area (Å²) >= 11 is 0. The Labute approximate surface area is 145 Å². The highest BCUT2D eigenvalue weighted by atomic mass is 16.2. The molecule has 2 aliphatic rings. The van der Waals surface area contributed by atoms with Gasteiger partial charge in [0.2, 0.25) is 11.8 Å². The van der Waals surface area contributed by atoms with E-state index in [-0.39, 0.29) is 29.5 Å². The van der Waals surface area contributed by atoms with Crippen molar-refractivity contribution in [1.82, 2.24) is 19.8 Å². The van der Waals surface area contributed by atoms with Gasteiger partial charge in [0.25, 0.3) is 0 Å². The monoisotopic (exact) mass is 342 g/mol. The van der Waals surface area contributed by atoms with Crippen LogP contribution < -0.4 is 11.0 Å². The summed E-state index contributed by atoms with van der Waals surface area (Å²) in [6, 6.07) is 7.13. The molecule has 1 saturated heterocycles. The van der Waals surface area contributed by atoms with Crippen LogP contribution in [0.5, 0.6) is 0 Å². The molecule has 0 radical (unpaired) electrons. The molecule has 2 aromatic rings. The molecule has 0 unspecified atom stereocenters. The second kappa shape index (κ2) is 6.38. The number of aromatic amines is 1. The van der Waals surface area contributed by atoms with Gasteiger partial charge in [0.1, 0.15) is 6.04 Å². The van der Waals surface area contributed by atoms with Crippen molar-refractivity contribution in [1.29, 1.82) is 0 Å². The first kappa shape index (κ1) is 15.9. The van der Waals surface area contributed by atoms with E-state index in [9.17, 15) is 14.4 Å². The molecule has 1 aliphatic carbocycles. The van der Waals surface area contributed by atoms with Crippen LogP contribution in [0.3, 0.4) is 0 Å². The van der Waals surface area contributed by atoms with Crippen molar-refractivity contribution in [2.24, 2.45) is 5.92 Å². The molecule has 1 saturated carbocycles. The van der Waals surface area contributed by atoms with Gasteiger partial charge in [-0.1, -0.05) is 12.1 Å². The van der Waals surface area contributed by atoms with Crippen molar-refractivity contribution in [3.05, 3.63) is 34.7 Å². The summed E-state index contributed by atoms with van der Waals surface area (Å²) < 4.78 is 1.62. The highest BCUT2D eigenvalue weighted by Gasteiger charge is 2.40. The summed E-state index contributed by atoms with van der Waals surface area (Å²) in [5, 5.41) is 2.89. The zero-order valence-electron chi connectivity index (χ0n) is 14.0. The molecule has 1 aromatic carbocycles. The number of rotatable bonds is 5. The van der Waals surface area contributed by atoms with E-state index in [1.165, 1.54) is 0 Å². The molecule has 4 rings (SSSR count). The number of hydrogen-bond donors (Lipinski definition) is 2. The molecule has 2 N–H and O–H groups in total. The van der Waals surface area contributed by atoms with E-state index in [1.807, 2.05) is 24.3 Å². The van der Waals surface area contributed by atoms with E-state index in [1.54, 1.807) is 9.47 Å². The van der Waals surface area contributed by atoms with Gasteiger partial charge in [0, 0.05) is 25.6 Å². The second-order valence-electron chi connectivity index (χ2n) is 6.85. The minimum absolute atomic E-state index is 0.112. The lowest BCUT2D eigenvalue weighted by molar-refractivity contribution is -0.139. The molecule has 7 heteroatoms. The van der Waals surface area contributed by atoms with Gasteiger partial charge in [-0.05, 0) is 37.8 Å². The first-order chi connectivity index (χ1) is 12.1. The van der Waals surface area contributed by atoms with Gasteiger partial charge in [0.15, 0.2) is 0 Å². The summed E-state index contributed by atoms with van der Waals surface area (Å²) in [6.07, 6.45) is 3.50. The first-order valence-electron chi connectivity index (χ1n) is 8.91. The van der Waals surface area contributed by atoms with Crippen LogP contribution in [0.1, 0.15) is 25.7 Å². The lowest BCUT2D eigenvalue weighted by Gasteiger charge is -2.24. The number of H-pyrrole nitrogens is 1. The number of nitrogens with one attached hydrogen (secondary N) is 2. The van der Waals surface area contributed by atoms with Gasteiger partial charge in [0.05, 0.1) is 11.0 Å². The Morgan fingerprint density at radius 3 is 2.80 bits per heavy atom. The summed E-state index contributed by atoms with van der Waals surface area (Å²) in [4.78, 5) is 41.3. The Morgan fingerprint density at radius 1 is 1.20 bits per heavy atom. The maximum absolute atomic E-state index is 12.5. The number of aromatic nitrogens is 2. The normalized spacial score (nSPS) is 20.2. The average molecular weight is 342 g/mol. The molecule has 1 atom stereocenters. The summed E-state index contributed by atoms with van der Waals surface area (Å²) in [7, 11) is 0. The summed E-state index contributed by atoms with van der Waals surface area (Å²) in [5.41, 5.74) is 1.44. The quantitative estimate of drug-likeness (QED) is 0.844. The number of para-hydroxylation sites is 2. The molecular weight excluding hydrogens is 320 g/mol. The minimum Gasteiger partial charge on any atom is -0.353 e. The van der Waals surface area contributed by atoms with Crippen molar-refractivity contribution in [3.63, 3.8) is 0 Å². The Hall–Kier alpha value is -2.57. The lowest BCUT2D eigenvalue weighted by Crippen LogP contribution is -2.47. The van der Waals surface area contributed by atoms with Gasteiger partial charge in [-0.25, -0.2) is 4.79 Å². The Bertz CT molecular complexity index is 865. The topological polar surface area (TPSA) is 87.2 Å². The Morgan fingerprint density at radius 2 is 2.00 bits per heavy atom. The number of carbonyl (C=O) groups excluding carboxylic acids is 2. The number of amides is 2. The third-order valence-electron chi connectivity index (χ3n) is 5.08. The fourth-order valence-corrected chi connectivity index (χ4v) is 3.61. The number of likely N-dealkylation sites (tertiary alicyclic amines) is 1. The van der Waals surface area contributed by atoms with E-state index >= 15 is 0 Å². The zero-order chi connectivity index (χ0) is 17.4. The first-order valence-corrected chi connectivity index (χ1v) is 8.91. The molecule has 2 amide bonds. The molecule has 1 aromatic heterocycles. The van der Waals surface area contributed by atoms with E-state index in [2.05, 4.69) is 10.3 Å². The van der Waals surface area contributed by atoms with E-state index < -0.39 is 0 Å². The van der Waals surface area contributed by atoms with E-state index in [4.69, 9.17) is 0 Å². The fourth-order valence-electron chi connectivity index (χ4n) is 3.61. The van der Waals surface area contributed by atoms with Crippen LogP contribution in [0.4, 0.5) is 0 Å². The van der Waals surface area contributed by atoms with Crippen LogP contribution in [-0.4, -0.2) is 45.4 Å². The maximum atomic E-state index is 12.5. The van der Waals surface area contributed by atoms with Crippen molar-refractivity contribution in [2.45, 2.75) is 38.3 Å². The van der Waals surface area contributed by atoms with Crippen LogP contribution in [0.2, 0.25) is 0 Å². The smallest absolute Gasteiger partial charge is 0.326 e. The molecule has 25 heavy (non-hydrogen) atoms. The molecule has 7 nitrogen and oxygen atoms in total. The van der Waals surface area contributed by atoms with Crippen molar-refractivity contribution in [2.75, 3.05) is 13.1 Å². The zero-order valence-corrected chi connectivity index (χ0v) is 14.0. The number of carbonyl (C=O) groups is 2. The number of hydrogen-bond acceptors (Lipinski definition) is 3. The second-order valence-corrected chi connectivity index (χ2v) is 6.85. The number of fused-ring (bicyclic) bond motifs is 1. The maximum Gasteiger partial charge on any atom is 0.326 e. The fraction of sp³-hybridized carbons (Fsp3) is 0.500. The van der Waals surface area contributed by atoms with Crippen molar-refractivity contribution < 1.29 is 9.59 Å². The van der Waals surface area contributed by atoms with Gasteiger partial charge in [-0.2, -0.15) is 0 Å². The van der Waals surface area contributed by atoms with Gasteiger partial charge in [-0.3, -0.25) is 14.2 Å². The molecule has 132 valence electrons. The lowest BCUT2D eigenvalue weighted by atomic mass is 10.2.